The molecule has 86 valence electrons. The highest BCUT2D eigenvalue weighted by Gasteiger charge is 2.22. The summed E-state index contributed by atoms with van der Waals surface area (Å²) in [6, 6.07) is 0.334. The Morgan fingerprint density at radius 2 is 1.71 bits per heavy atom. The van der Waals surface area contributed by atoms with Crippen molar-refractivity contribution in [3.8, 4) is 0 Å². The number of nitrogens with two attached hydrogens (primary N) is 2. The molecule has 0 spiro atoms. The minimum absolute atomic E-state index is 0.0248. The van der Waals surface area contributed by atoms with E-state index in [1.54, 1.807) is 5.01 Å². The Kier molecular flexibility index (Phi) is 6.27. The van der Waals surface area contributed by atoms with E-state index in [-0.39, 0.29) is 6.17 Å². The first-order valence-electron chi connectivity index (χ1n) is 5.32. The normalized spacial score (nSPS) is 18.6. The predicted molar refractivity (Wildman–Crippen MR) is 61.4 cm³/mol. The first-order chi connectivity index (χ1) is 6.36. The molecule has 4 nitrogen and oxygen atoms in total. The van der Waals surface area contributed by atoms with Gasteiger partial charge in [-0.15, -0.1) is 0 Å². The third-order valence-electron chi connectivity index (χ3n) is 2.83. The van der Waals surface area contributed by atoms with Crippen LogP contribution >= 0.6 is 0 Å². The van der Waals surface area contributed by atoms with Gasteiger partial charge in [-0.1, -0.05) is 20.8 Å². The molecule has 5 N–H and O–H groups in total. The Labute approximate surface area is 88.0 Å². The van der Waals surface area contributed by atoms with Crippen LogP contribution in [-0.2, 0) is 0 Å². The molecule has 0 aliphatic carbocycles. The molecule has 0 rings (SSSR count). The second-order valence-electron chi connectivity index (χ2n) is 4.53. The Morgan fingerprint density at radius 3 is 2.00 bits per heavy atom. The van der Waals surface area contributed by atoms with E-state index in [1.165, 1.54) is 0 Å². The van der Waals surface area contributed by atoms with Gasteiger partial charge < -0.3 is 11.1 Å². The summed E-state index contributed by atoms with van der Waals surface area (Å²) >= 11 is 0. The van der Waals surface area contributed by atoms with Gasteiger partial charge in [-0.25, -0.2) is 5.01 Å². The maximum Gasteiger partial charge on any atom is 0.0517 e. The Hall–Kier alpha value is -0.160. The lowest BCUT2D eigenvalue weighted by atomic mass is 9.90. The Balaban J connectivity index is 4.15. The average molecular weight is 202 g/mol. The highest BCUT2D eigenvalue weighted by Crippen LogP contribution is 2.16. The number of hydrogen-bond acceptors (Lipinski definition) is 4. The molecule has 0 saturated heterocycles. The second kappa shape index (κ2) is 6.35. The van der Waals surface area contributed by atoms with Crippen LogP contribution in [0.3, 0.4) is 0 Å². The maximum absolute atomic E-state index is 5.81. The van der Waals surface area contributed by atoms with Crippen molar-refractivity contribution in [2.24, 2.45) is 23.4 Å². The van der Waals surface area contributed by atoms with Gasteiger partial charge in [0.2, 0.25) is 0 Å². The van der Waals surface area contributed by atoms with E-state index in [9.17, 15) is 0 Å². The number of rotatable bonds is 6. The average Bonchev–Trinajstić information content (AvgIpc) is 2.02. The summed E-state index contributed by atoms with van der Waals surface area (Å²) in [6.07, 6.45) is 0.0248. The first-order valence-corrected chi connectivity index (χ1v) is 5.32. The summed E-state index contributed by atoms with van der Waals surface area (Å²) in [5.74, 6) is 6.99. The van der Waals surface area contributed by atoms with Gasteiger partial charge >= 0.3 is 0 Å². The van der Waals surface area contributed by atoms with Crippen molar-refractivity contribution in [1.82, 2.24) is 10.3 Å². The van der Waals surface area contributed by atoms with Crippen molar-refractivity contribution in [3.05, 3.63) is 0 Å². The van der Waals surface area contributed by atoms with Crippen LogP contribution < -0.4 is 16.9 Å². The summed E-state index contributed by atoms with van der Waals surface area (Å²) in [6.45, 7) is 9.43. The summed E-state index contributed by atoms with van der Waals surface area (Å²) in [4.78, 5) is 0. The van der Waals surface area contributed by atoms with Crippen molar-refractivity contribution in [3.63, 3.8) is 0 Å². The van der Waals surface area contributed by atoms with E-state index in [0.29, 0.717) is 17.9 Å². The number of nitrogens with one attached hydrogen (secondary N) is 1. The molecule has 0 unspecified atom stereocenters. The molecular weight excluding hydrogens is 176 g/mol. The fourth-order valence-corrected chi connectivity index (χ4v) is 1.45. The topological polar surface area (TPSA) is 67.3 Å². The zero-order chi connectivity index (χ0) is 11.3. The van der Waals surface area contributed by atoms with Gasteiger partial charge in [0.25, 0.3) is 0 Å². The third kappa shape index (κ3) is 4.91. The number of hydrogen-bond donors (Lipinski definition) is 3. The fraction of sp³-hybridized carbons (Fsp3) is 1.00. The van der Waals surface area contributed by atoms with Gasteiger partial charge in [-0.2, -0.15) is 0 Å². The monoisotopic (exact) mass is 202 g/mol. The van der Waals surface area contributed by atoms with E-state index in [2.05, 4.69) is 26.1 Å². The Bertz CT molecular complexity index is 145. The van der Waals surface area contributed by atoms with Gasteiger partial charge in [0.05, 0.1) is 6.17 Å². The fourth-order valence-electron chi connectivity index (χ4n) is 1.45. The maximum atomic E-state index is 5.81. The molecule has 0 aromatic heterocycles. The van der Waals surface area contributed by atoms with Crippen molar-refractivity contribution in [2.45, 2.75) is 39.9 Å². The molecule has 0 aromatic rings. The van der Waals surface area contributed by atoms with Gasteiger partial charge in [0.15, 0.2) is 0 Å². The van der Waals surface area contributed by atoms with Gasteiger partial charge in [-0.3, -0.25) is 5.84 Å². The second-order valence-corrected chi connectivity index (χ2v) is 4.53. The predicted octanol–water partition coefficient (Wildman–Crippen LogP) is 0.347. The lowest BCUT2D eigenvalue weighted by molar-refractivity contribution is 0.149. The number of hydrazine groups is 1. The largest absolute Gasteiger partial charge is 0.316 e. The molecule has 3 atom stereocenters. The van der Waals surface area contributed by atoms with Crippen molar-refractivity contribution in [1.29, 1.82) is 0 Å². The summed E-state index contributed by atoms with van der Waals surface area (Å²) in [5.41, 5.74) is 5.65. The van der Waals surface area contributed by atoms with Crippen LogP contribution in [0.2, 0.25) is 0 Å². The van der Waals surface area contributed by atoms with Crippen LogP contribution in [0.1, 0.15) is 27.7 Å². The minimum atomic E-state index is 0.0248. The van der Waals surface area contributed by atoms with Crippen LogP contribution in [-0.4, -0.2) is 30.8 Å². The molecule has 0 saturated carbocycles. The highest BCUT2D eigenvalue weighted by molar-refractivity contribution is 4.77. The van der Waals surface area contributed by atoms with E-state index >= 15 is 0 Å². The summed E-state index contributed by atoms with van der Waals surface area (Å²) < 4.78 is 0. The molecule has 0 heterocycles. The number of likely N-dealkylation sites (N-methyl/N-ethyl adjacent to an activating group) is 1. The third-order valence-corrected chi connectivity index (χ3v) is 2.83. The summed E-state index contributed by atoms with van der Waals surface area (Å²) in [7, 11) is 1.91. The minimum Gasteiger partial charge on any atom is -0.316 e. The van der Waals surface area contributed by atoms with Gasteiger partial charge in [0, 0.05) is 19.6 Å². The molecular formula is C10H26N4. The van der Waals surface area contributed by atoms with E-state index in [0.717, 1.165) is 6.54 Å². The molecule has 0 bridgehead atoms. The molecule has 0 fully saturated rings. The van der Waals surface area contributed by atoms with Crippen molar-refractivity contribution < 1.29 is 0 Å². The lowest BCUT2D eigenvalue weighted by Crippen LogP contribution is -2.51. The highest BCUT2D eigenvalue weighted by atomic mass is 15.4. The smallest absolute Gasteiger partial charge is 0.0517 e. The molecule has 0 aliphatic heterocycles. The van der Waals surface area contributed by atoms with Crippen LogP contribution in [0.15, 0.2) is 0 Å². The van der Waals surface area contributed by atoms with Crippen LogP contribution in [0.5, 0.6) is 0 Å². The standard InChI is InChI=1S/C10H26N4/c1-7(2)8(3)10(14(5)12)6-13-9(4)11/h7-10,13H,6,11-12H2,1-5H3/t8-,9+,10+/m0/s1. The first kappa shape index (κ1) is 13.8. The van der Waals surface area contributed by atoms with Crippen LogP contribution in [0.25, 0.3) is 0 Å². The molecule has 14 heavy (non-hydrogen) atoms. The number of nitrogens with zero attached hydrogens (tertiary/aromatic N) is 1. The molecule has 0 radical (unpaired) electrons. The molecule has 0 aliphatic rings. The molecule has 0 amide bonds. The van der Waals surface area contributed by atoms with Gasteiger partial charge in [-0.05, 0) is 18.8 Å². The Morgan fingerprint density at radius 1 is 1.21 bits per heavy atom. The van der Waals surface area contributed by atoms with E-state index in [1.807, 2.05) is 14.0 Å². The van der Waals surface area contributed by atoms with Crippen molar-refractivity contribution >= 4 is 0 Å². The zero-order valence-electron chi connectivity index (χ0n) is 10.1. The van der Waals surface area contributed by atoms with Gasteiger partial charge in [0.1, 0.15) is 0 Å². The molecule has 4 heteroatoms. The molecule has 0 aromatic carbocycles. The van der Waals surface area contributed by atoms with Crippen LogP contribution in [0, 0.1) is 11.8 Å². The lowest BCUT2D eigenvalue weighted by Gasteiger charge is -2.32. The summed E-state index contributed by atoms with van der Waals surface area (Å²) in [5, 5.41) is 5.00. The van der Waals surface area contributed by atoms with Crippen LogP contribution in [0.4, 0.5) is 0 Å². The van der Waals surface area contributed by atoms with E-state index < -0.39 is 0 Å². The SMILES string of the molecule is CC(C)[C@H](C)[C@@H](CN[C@H](C)N)N(C)N. The van der Waals surface area contributed by atoms with E-state index in [4.69, 9.17) is 11.6 Å². The quantitative estimate of drug-likeness (QED) is 0.330. The zero-order valence-corrected chi connectivity index (χ0v) is 10.1. The van der Waals surface area contributed by atoms with Crippen molar-refractivity contribution in [2.75, 3.05) is 13.6 Å².